The van der Waals surface area contributed by atoms with Gasteiger partial charge in [0.25, 0.3) is 0 Å². The van der Waals surface area contributed by atoms with Gasteiger partial charge in [0.1, 0.15) is 5.60 Å². The lowest BCUT2D eigenvalue weighted by atomic mass is 10.1. The number of carbonyl (C=O) groups is 2. The predicted molar refractivity (Wildman–Crippen MR) is 57.5 cm³/mol. The molecule has 1 N–H and O–H groups in total. The first-order valence-corrected chi connectivity index (χ1v) is 4.87. The summed E-state index contributed by atoms with van der Waals surface area (Å²) in [5, 5.41) is 8.65. The molecule has 0 amide bonds. The summed E-state index contributed by atoms with van der Waals surface area (Å²) in [5.41, 5.74) is -0.841. The topological polar surface area (TPSA) is 89.6 Å². The number of aromatic carboxylic acids is 1. The number of carbonyl (C=O) groups excluding carboxylic acids is 1. The van der Waals surface area contributed by atoms with Crippen LogP contribution in [-0.4, -0.2) is 27.6 Å². The lowest BCUT2D eigenvalue weighted by molar-refractivity contribution is -0.150. The third-order valence-electron chi connectivity index (χ3n) is 1.88. The Morgan fingerprint density at radius 3 is 2.76 bits per heavy atom. The number of carboxylic acid groups (broad SMARTS) is 1. The number of hydrogen-bond acceptors (Lipinski definition) is 5. The third-order valence-corrected chi connectivity index (χ3v) is 1.88. The summed E-state index contributed by atoms with van der Waals surface area (Å²) < 4.78 is 10.0. The van der Waals surface area contributed by atoms with Gasteiger partial charge in [-0.1, -0.05) is 6.58 Å². The van der Waals surface area contributed by atoms with E-state index in [1.807, 2.05) is 0 Å². The molecule has 0 fully saturated rings. The molecule has 0 aliphatic heterocycles. The van der Waals surface area contributed by atoms with Gasteiger partial charge in [0.2, 0.25) is 5.76 Å². The van der Waals surface area contributed by atoms with Crippen LogP contribution in [0.3, 0.4) is 0 Å². The average Bonchev–Trinajstić information content (AvgIpc) is 2.64. The fourth-order valence-electron chi connectivity index (χ4n) is 1.21. The van der Waals surface area contributed by atoms with Gasteiger partial charge in [0.05, 0.1) is 12.6 Å². The maximum atomic E-state index is 11.0. The Balaban J connectivity index is 2.71. The smallest absolute Gasteiger partial charge is 0.373 e. The van der Waals surface area contributed by atoms with Crippen molar-refractivity contribution in [1.82, 2.24) is 4.98 Å². The fraction of sp³-hybridized carbons (Fsp3) is 0.364. The highest BCUT2D eigenvalue weighted by Crippen LogP contribution is 2.17. The van der Waals surface area contributed by atoms with Crippen LogP contribution in [0.4, 0.5) is 0 Å². The monoisotopic (exact) mass is 239 g/mol. The number of carboxylic acids is 1. The molecule has 1 heterocycles. The van der Waals surface area contributed by atoms with Gasteiger partial charge in [-0.25, -0.2) is 14.6 Å². The molecule has 6 nitrogen and oxygen atoms in total. The van der Waals surface area contributed by atoms with Gasteiger partial charge < -0.3 is 14.3 Å². The molecular formula is C11H13NO5. The van der Waals surface area contributed by atoms with Crippen LogP contribution in [0, 0.1) is 0 Å². The summed E-state index contributed by atoms with van der Waals surface area (Å²) in [7, 11) is 0. The summed E-state index contributed by atoms with van der Waals surface area (Å²) >= 11 is 0. The number of hydrogen-bond donors (Lipinski definition) is 1. The maximum absolute atomic E-state index is 11.0. The summed E-state index contributed by atoms with van der Waals surface area (Å²) in [6.07, 6.45) is 2.35. The predicted octanol–water partition coefficient (Wildman–Crippen LogP) is 1.42. The van der Waals surface area contributed by atoms with E-state index in [4.69, 9.17) is 14.3 Å². The van der Waals surface area contributed by atoms with Crippen molar-refractivity contribution in [2.24, 2.45) is 0 Å². The molecule has 0 bridgehead atoms. The number of aromatic nitrogens is 1. The number of oxazole rings is 1. The van der Waals surface area contributed by atoms with Crippen molar-refractivity contribution in [2.75, 3.05) is 0 Å². The Morgan fingerprint density at radius 1 is 1.65 bits per heavy atom. The van der Waals surface area contributed by atoms with Crippen LogP contribution < -0.4 is 0 Å². The van der Waals surface area contributed by atoms with Crippen LogP contribution in [0.5, 0.6) is 0 Å². The van der Waals surface area contributed by atoms with Crippen molar-refractivity contribution in [1.29, 1.82) is 0 Å². The Hall–Kier alpha value is -2.11. The molecule has 0 spiro atoms. The molecular weight excluding hydrogens is 226 g/mol. The minimum absolute atomic E-state index is 0.180. The molecule has 1 rings (SSSR count). The third kappa shape index (κ3) is 3.75. The molecule has 0 aromatic carbocycles. The quantitative estimate of drug-likeness (QED) is 0.617. The molecule has 1 aromatic heterocycles. The molecule has 6 heteroatoms. The Bertz CT molecular complexity index is 446. The van der Waals surface area contributed by atoms with Crippen molar-refractivity contribution in [2.45, 2.75) is 25.9 Å². The molecule has 0 saturated carbocycles. The molecule has 0 saturated heterocycles. The summed E-state index contributed by atoms with van der Waals surface area (Å²) in [6.45, 7) is 6.62. The zero-order chi connectivity index (χ0) is 13.1. The molecule has 17 heavy (non-hydrogen) atoms. The normalized spacial score (nSPS) is 10.9. The number of ether oxygens (including phenoxy) is 1. The van der Waals surface area contributed by atoms with Gasteiger partial charge in [-0.2, -0.15) is 0 Å². The first-order chi connectivity index (χ1) is 7.84. The van der Waals surface area contributed by atoms with Gasteiger partial charge in [0, 0.05) is 6.08 Å². The summed E-state index contributed by atoms with van der Waals surface area (Å²) in [4.78, 5) is 25.4. The van der Waals surface area contributed by atoms with Gasteiger partial charge in [-0.05, 0) is 13.8 Å². The zero-order valence-electron chi connectivity index (χ0n) is 9.60. The fourth-order valence-corrected chi connectivity index (χ4v) is 1.21. The largest absolute Gasteiger partial charge is 0.475 e. The van der Waals surface area contributed by atoms with Crippen LogP contribution in [0.1, 0.15) is 30.3 Å². The van der Waals surface area contributed by atoms with Crippen LogP contribution >= 0.6 is 0 Å². The maximum Gasteiger partial charge on any atom is 0.373 e. The second-order valence-electron chi connectivity index (χ2n) is 3.99. The molecule has 0 unspecified atom stereocenters. The lowest BCUT2D eigenvalue weighted by Crippen LogP contribution is -2.30. The van der Waals surface area contributed by atoms with E-state index < -0.39 is 17.5 Å². The second kappa shape index (κ2) is 4.82. The van der Waals surface area contributed by atoms with Crippen molar-refractivity contribution in [3.8, 4) is 0 Å². The first kappa shape index (κ1) is 13.0. The standard InChI is InChI=1S/C11H13NO5/c1-4-9(13)17-11(2,3)5-8-12-6-7(16-8)10(14)15/h4,6H,1,5H2,2-3H3,(H,14,15). The minimum Gasteiger partial charge on any atom is -0.475 e. The van der Waals surface area contributed by atoms with E-state index in [0.29, 0.717) is 0 Å². The van der Waals surface area contributed by atoms with E-state index in [0.717, 1.165) is 12.3 Å². The Morgan fingerprint density at radius 2 is 2.29 bits per heavy atom. The van der Waals surface area contributed by atoms with Crippen molar-refractivity contribution in [3.63, 3.8) is 0 Å². The number of nitrogens with zero attached hydrogens (tertiary/aromatic N) is 1. The zero-order valence-corrected chi connectivity index (χ0v) is 9.60. The molecule has 0 atom stereocenters. The van der Waals surface area contributed by atoms with E-state index in [2.05, 4.69) is 11.6 Å². The highest BCUT2D eigenvalue weighted by Gasteiger charge is 2.25. The summed E-state index contributed by atoms with van der Waals surface area (Å²) in [5.74, 6) is -1.79. The molecule has 0 radical (unpaired) electrons. The number of esters is 1. The molecule has 1 aromatic rings. The summed E-state index contributed by atoms with van der Waals surface area (Å²) in [6, 6.07) is 0. The Kier molecular flexibility index (Phi) is 3.67. The van der Waals surface area contributed by atoms with Gasteiger partial charge in [0.15, 0.2) is 5.89 Å². The number of rotatable bonds is 5. The minimum atomic E-state index is -1.19. The molecule has 92 valence electrons. The first-order valence-electron chi connectivity index (χ1n) is 4.87. The van der Waals surface area contributed by atoms with Crippen LogP contribution in [-0.2, 0) is 16.0 Å². The van der Waals surface area contributed by atoms with Gasteiger partial charge in [-0.3, -0.25) is 0 Å². The van der Waals surface area contributed by atoms with Gasteiger partial charge in [-0.15, -0.1) is 0 Å². The van der Waals surface area contributed by atoms with Crippen LogP contribution in [0.15, 0.2) is 23.3 Å². The van der Waals surface area contributed by atoms with E-state index in [-0.39, 0.29) is 18.1 Å². The van der Waals surface area contributed by atoms with Crippen LogP contribution in [0.25, 0.3) is 0 Å². The van der Waals surface area contributed by atoms with E-state index in [9.17, 15) is 9.59 Å². The average molecular weight is 239 g/mol. The highest BCUT2D eigenvalue weighted by atomic mass is 16.6. The van der Waals surface area contributed by atoms with Crippen molar-refractivity contribution < 1.29 is 23.8 Å². The second-order valence-corrected chi connectivity index (χ2v) is 3.99. The van der Waals surface area contributed by atoms with Gasteiger partial charge >= 0.3 is 11.9 Å². The lowest BCUT2D eigenvalue weighted by Gasteiger charge is -2.22. The Labute approximate surface area is 97.9 Å². The van der Waals surface area contributed by atoms with E-state index >= 15 is 0 Å². The van der Waals surface area contributed by atoms with E-state index in [1.54, 1.807) is 13.8 Å². The molecule has 0 aliphatic rings. The van der Waals surface area contributed by atoms with Crippen molar-refractivity contribution >= 4 is 11.9 Å². The van der Waals surface area contributed by atoms with E-state index in [1.165, 1.54) is 0 Å². The molecule has 0 aliphatic carbocycles. The highest BCUT2D eigenvalue weighted by molar-refractivity contribution is 5.83. The van der Waals surface area contributed by atoms with Crippen LogP contribution in [0.2, 0.25) is 0 Å². The van der Waals surface area contributed by atoms with Crippen molar-refractivity contribution in [3.05, 3.63) is 30.5 Å². The SMILES string of the molecule is C=CC(=O)OC(C)(C)Cc1ncc(C(=O)O)o1.